The molecule has 0 fully saturated rings. The van der Waals surface area contributed by atoms with Crippen LogP contribution in [0.15, 0.2) is 52.1 Å². The van der Waals surface area contributed by atoms with Crippen LogP contribution in [0.4, 0.5) is 13.2 Å². The van der Waals surface area contributed by atoms with Crippen molar-refractivity contribution >= 4 is 29.9 Å². The summed E-state index contributed by atoms with van der Waals surface area (Å²) in [5.41, 5.74) is 0.192. The van der Waals surface area contributed by atoms with Crippen molar-refractivity contribution in [2.24, 2.45) is 4.99 Å². The lowest BCUT2D eigenvalue weighted by Crippen LogP contribution is -2.42. The third-order valence-electron chi connectivity index (χ3n) is 4.17. The molecule has 2 aromatic rings. The number of hydrogen-bond donors (Lipinski definition) is 2. The minimum atomic E-state index is -4.31. The molecule has 0 spiro atoms. The monoisotopic (exact) mass is 510 g/mol. The Kier molecular flexibility index (Phi) is 9.80. The predicted octanol–water partition coefficient (Wildman–Crippen LogP) is 3.93. The van der Waals surface area contributed by atoms with Gasteiger partial charge in [-0.2, -0.15) is 13.2 Å². The zero-order valence-corrected chi connectivity index (χ0v) is 18.4. The molecule has 0 radical (unpaired) electrons. The summed E-state index contributed by atoms with van der Waals surface area (Å²) in [6, 6.07) is 9.03. The molecule has 0 amide bonds. The van der Waals surface area contributed by atoms with E-state index < -0.39 is 11.7 Å². The summed E-state index contributed by atoms with van der Waals surface area (Å²) >= 11 is 0. The molecule has 2 N–H and O–H groups in total. The Balaban J connectivity index is 0.00000392. The van der Waals surface area contributed by atoms with E-state index in [4.69, 9.17) is 4.42 Å². The van der Waals surface area contributed by atoms with Gasteiger partial charge in [-0.3, -0.25) is 9.89 Å². The summed E-state index contributed by atoms with van der Waals surface area (Å²) in [5.74, 6) is 1.48. The fourth-order valence-electron chi connectivity index (χ4n) is 2.62. The first-order valence-electron chi connectivity index (χ1n) is 8.61. The van der Waals surface area contributed by atoms with Crippen molar-refractivity contribution in [1.82, 2.24) is 15.5 Å². The van der Waals surface area contributed by atoms with E-state index in [2.05, 4.69) is 15.6 Å². The van der Waals surface area contributed by atoms with E-state index in [9.17, 15) is 13.2 Å². The van der Waals surface area contributed by atoms with Gasteiger partial charge in [0.05, 0.1) is 17.9 Å². The Morgan fingerprint density at radius 3 is 2.32 bits per heavy atom. The summed E-state index contributed by atoms with van der Waals surface area (Å²) < 4.78 is 43.2. The summed E-state index contributed by atoms with van der Waals surface area (Å²) in [4.78, 5) is 6.22. The molecule has 1 atom stereocenters. The number of halogens is 4. The normalized spacial score (nSPS) is 13.2. The first-order chi connectivity index (χ1) is 12.8. The smallest absolute Gasteiger partial charge is 0.416 e. The lowest BCUT2D eigenvalue weighted by Gasteiger charge is -2.23. The number of alkyl halides is 3. The fourth-order valence-corrected chi connectivity index (χ4v) is 2.62. The summed E-state index contributed by atoms with van der Waals surface area (Å²) in [5, 5.41) is 6.41. The molecule has 1 unspecified atom stereocenters. The lowest BCUT2D eigenvalue weighted by atomic mass is 10.1. The molecule has 9 heteroatoms. The topological polar surface area (TPSA) is 52.8 Å². The second-order valence-corrected chi connectivity index (χ2v) is 6.32. The molecular formula is C19H26F3IN4O. The Labute approximate surface area is 180 Å². The molecule has 5 nitrogen and oxygen atoms in total. The number of furan rings is 1. The maximum Gasteiger partial charge on any atom is 0.416 e. The molecule has 1 aromatic heterocycles. The molecule has 156 valence electrons. The Morgan fingerprint density at radius 2 is 1.82 bits per heavy atom. The van der Waals surface area contributed by atoms with Crippen LogP contribution in [0.5, 0.6) is 0 Å². The molecule has 1 heterocycles. The van der Waals surface area contributed by atoms with Crippen molar-refractivity contribution in [3.8, 4) is 0 Å². The molecular weight excluding hydrogens is 484 g/mol. The highest BCUT2D eigenvalue weighted by Gasteiger charge is 2.29. The largest absolute Gasteiger partial charge is 0.468 e. The summed E-state index contributed by atoms with van der Waals surface area (Å²) in [6.45, 7) is 1.15. The second-order valence-electron chi connectivity index (χ2n) is 6.32. The standard InChI is InChI=1S/C19H25F3N4O.HI/c1-23-18(25-13-16(26(2)3)17-5-4-12-27-17)24-11-10-14-6-8-15(9-7-14)19(20,21)22;/h4-9,12,16H,10-11,13H2,1-3H3,(H2,23,24,25);1H. The number of hydrogen-bond acceptors (Lipinski definition) is 3. The van der Waals surface area contributed by atoms with Crippen LogP contribution in [-0.4, -0.2) is 45.1 Å². The first-order valence-corrected chi connectivity index (χ1v) is 8.61. The molecule has 0 aliphatic rings. The van der Waals surface area contributed by atoms with E-state index in [1.165, 1.54) is 12.1 Å². The minimum absolute atomic E-state index is 0. The van der Waals surface area contributed by atoms with Crippen LogP contribution in [0.1, 0.15) is 22.9 Å². The van der Waals surface area contributed by atoms with Gasteiger partial charge in [-0.05, 0) is 50.3 Å². The highest BCUT2D eigenvalue weighted by atomic mass is 127. The highest BCUT2D eigenvalue weighted by Crippen LogP contribution is 2.29. The number of nitrogens with one attached hydrogen (secondary N) is 2. The maximum absolute atomic E-state index is 12.6. The van der Waals surface area contributed by atoms with Crippen LogP contribution in [0.2, 0.25) is 0 Å². The van der Waals surface area contributed by atoms with Gasteiger partial charge in [-0.25, -0.2) is 0 Å². The molecule has 2 rings (SSSR count). The van der Waals surface area contributed by atoms with Gasteiger partial charge in [0.15, 0.2) is 5.96 Å². The predicted molar refractivity (Wildman–Crippen MR) is 115 cm³/mol. The van der Waals surface area contributed by atoms with Crippen LogP contribution in [0.25, 0.3) is 0 Å². The number of nitrogens with zero attached hydrogens (tertiary/aromatic N) is 2. The zero-order valence-electron chi connectivity index (χ0n) is 16.1. The van der Waals surface area contributed by atoms with Gasteiger partial charge in [0, 0.05) is 20.1 Å². The molecule has 0 bridgehead atoms. The van der Waals surface area contributed by atoms with E-state index in [0.717, 1.165) is 23.5 Å². The minimum Gasteiger partial charge on any atom is -0.468 e. The van der Waals surface area contributed by atoms with Crippen molar-refractivity contribution in [2.75, 3.05) is 34.2 Å². The van der Waals surface area contributed by atoms with Crippen molar-refractivity contribution in [3.05, 3.63) is 59.5 Å². The molecule has 0 aliphatic carbocycles. The summed E-state index contributed by atoms with van der Waals surface area (Å²) in [6.07, 6.45) is -2.07. The number of benzene rings is 1. The van der Waals surface area contributed by atoms with Gasteiger partial charge < -0.3 is 15.1 Å². The highest BCUT2D eigenvalue weighted by molar-refractivity contribution is 14.0. The van der Waals surface area contributed by atoms with Crippen molar-refractivity contribution in [1.29, 1.82) is 0 Å². The van der Waals surface area contributed by atoms with E-state index in [1.54, 1.807) is 13.3 Å². The Bertz CT molecular complexity index is 716. The molecule has 0 aliphatic heterocycles. The molecule has 0 saturated carbocycles. The first kappa shape index (κ1) is 24.3. The lowest BCUT2D eigenvalue weighted by molar-refractivity contribution is -0.137. The fraction of sp³-hybridized carbons (Fsp3) is 0.421. The Hall–Kier alpha value is -1.75. The van der Waals surface area contributed by atoms with E-state index in [0.29, 0.717) is 25.5 Å². The number of rotatable bonds is 7. The maximum atomic E-state index is 12.6. The number of aliphatic imine (C=N–C) groups is 1. The van der Waals surface area contributed by atoms with Crippen molar-refractivity contribution in [2.45, 2.75) is 18.6 Å². The van der Waals surface area contributed by atoms with Gasteiger partial charge in [-0.15, -0.1) is 24.0 Å². The van der Waals surface area contributed by atoms with E-state index >= 15 is 0 Å². The zero-order chi connectivity index (χ0) is 19.9. The summed E-state index contributed by atoms with van der Waals surface area (Å²) in [7, 11) is 5.61. The SMILES string of the molecule is CN=C(NCCc1ccc(C(F)(F)F)cc1)NCC(c1ccco1)N(C)C.I. The van der Waals surface area contributed by atoms with E-state index in [-0.39, 0.29) is 30.0 Å². The third kappa shape index (κ3) is 7.34. The quantitative estimate of drug-likeness (QED) is 0.337. The van der Waals surface area contributed by atoms with Gasteiger partial charge in [-0.1, -0.05) is 12.1 Å². The molecule has 1 aromatic carbocycles. The average Bonchev–Trinajstić information content (AvgIpc) is 3.14. The Morgan fingerprint density at radius 1 is 1.14 bits per heavy atom. The second kappa shape index (κ2) is 11.3. The van der Waals surface area contributed by atoms with Crippen molar-refractivity contribution in [3.63, 3.8) is 0 Å². The molecule has 28 heavy (non-hydrogen) atoms. The average molecular weight is 510 g/mol. The van der Waals surface area contributed by atoms with Gasteiger partial charge in [0.1, 0.15) is 5.76 Å². The van der Waals surface area contributed by atoms with Crippen LogP contribution in [0.3, 0.4) is 0 Å². The third-order valence-corrected chi connectivity index (χ3v) is 4.17. The van der Waals surface area contributed by atoms with Gasteiger partial charge >= 0.3 is 6.18 Å². The number of guanidine groups is 1. The van der Waals surface area contributed by atoms with E-state index in [1.807, 2.05) is 31.1 Å². The van der Waals surface area contributed by atoms with Crippen LogP contribution in [-0.2, 0) is 12.6 Å². The van der Waals surface area contributed by atoms with Crippen molar-refractivity contribution < 1.29 is 17.6 Å². The van der Waals surface area contributed by atoms with Crippen LogP contribution >= 0.6 is 24.0 Å². The van der Waals surface area contributed by atoms with Gasteiger partial charge in [0.2, 0.25) is 0 Å². The van der Waals surface area contributed by atoms with Gasteiger partial charge in [0.25, 0.3) is 0 Å². The molecule has 0 saturated heterocycles. The van der Waals surface area contributed by atoms with Crippen LogP contribution in [0, 0.1) is 0 Å². The van der Waals surface area contributed by atoms with Crippen LogP contribution < -0.4 is 10.6 Å². The number of likely N-dealkylation sites (N-methyl/N-ethyl adjacent to an activating group) is 1.